The highest BCUT2D eigenvalue weighted by Gasteiger charge is 2.38. The molecule has 2 unspecified atom stereocenters. The number of hydrogen-bond donors (Lipinski definition) is 1. The van der Waals surface area contributed by atoms with Crippen molar-refractivity contribution in [1.29, 1.82) is 0 Å². The lowest BCUT2D eigenvalue weighted by Crippen LogP contribution is -2.46. The normalized spacial score (nSPS) is 28.5. The summed E-state index contributed by atoms with van der Waals surface area (Å²) in [6.45, 7) is 6.20. The molecule has 4 nitrogen and oxygen atoms in total. The van der Waals surface area contributed by atoms with Crippen molar-refractivity contribution in [1.82, 2.24) is 9.62 Å². The molecule has 0 spiro atoms. The highest BCUT2D eigenvalue weighted by molar-refractivity contribution is 7.91. The van der Waals surface area contributed by atoms with Crippen LogP contribution in [-0.4, -0.2) is 38.4 Å². The quantitative estimate of drug-likeness (QED) is 0.905. The van der Waals surface area contributed by atoms with Crippen molar-refractivity contribution >= 4 is 21.4 Å². The number of thiophene rings is 1. The predicted octanol–water partition coefficient (Wildman–Crippen LogP) is 1.74. The van der Waals surface area contributed by atoms with E-state index in [2.05, 4.69) is 5.32 Å². The van der Waals surface area contributed by atoms with Crippen LogP contribution in [0.25, 0.3) is 0 Å². The van der Waals surface area contributed by atoms with Crippen LogP contribution in [0.5, 0.6) is 0 Å². The molecule has 6 heteroatoms. The highest BCUT2D eigenvalue weighted by Crippen LogP contribution is 2.33. The Morgan fingerprint density at radius 2 is 2.16 bits per heavy atom. The summed E-state index contributed by atoms with van der Waals surface area (Å²) in [5, 5.41) is 3.47. The monoisotopic (exact) mass is 300 g/mol. The summed E-state index contributed by atoms with van der Waals surface area (Å²) in [6.07, 6.45) is 2.03. The average molecular weight is 300 g/mol. The molecule has 0 saturated carbocycles. The molecule has 0 amide bonds. The van der Waals surface area contributed by atoms with Gasteiger partial charge in [0.2, 0.25) is 0 Å². The molecule has 1 aromatic heterocycles. The van der Waals surface area contributed by atoms with Crippen molar-refractivity contribution in [2.75, 3.05) is 19.6 Å². The lowest BCUT2D eigenvalue weighted by atomic mass is 9.95. The maximum absolute atomic E-state index is 12.7. The van der Waals surface area contributed by atoms with Crippen molar-refractivity contribution in [2.45, 2.75) is 36.9 Å². The van der Waals surface area contributed by atoms with Crippen molar-refractivity contribution in [3.8, 4) is 0 Å². The van der Waals surface area contributed by atoms with Crippen LogP contribution in [0.3, 0.4) is 0 Å². The van der Waals surface area contributed by atoms with Gasteiger partial charge >= 0.3 is 0 Å². The fourth-order valence-electron chi connectivity index (χ4n) is 3.23. The Bertz CT molecular complexity index is 579. The van der Waals surface area contributed by atoms with E-state index in [1.54, 1.807) is 4.31 Å². The van der Waals surface area contributed by atoms with Crippen LogP contribution in [0.4, 0.5) is 0 Å². The van der Waals surface area contributed by atoms with Gasteiger partial charge in [-0.3, -0.25) is 0 Å². The molecule has 2 saturated heterocycles. The topological polar surface area (TPSA) is 49.4 Å². The fourth-order valence-corrected chi connectivity index (χ4v) is 6.54. The van der Waals surface area contributed by atoms with Gasteiger partial charge in [0.05, 0.1) is 0 Å². The van der Waals surface area contributed by atoms with Gasteiger partial charge in [0, 0.05) is 24.0 Å². The van der Waals surface area contributed by atoms with E-state index < -0.39 is 10.0 Å². The second-order valence-electron chi connectivity index (χ2n) is 5.59. The number of nitrogens with one attached hydrogen (secondary N) is 1. The van der Waals surface area contributed by atoms with Crippen LogP contribution in [0.2, 0.25) is 0 Å². The zero-order chi connectivity index (χ0) is 13.6. The lowest BCUT2D eigenvalue weighted by molar-refractivity contribution is 0.247. The second kappa shape index (κ2) is 4.84. The molecule has 2 atom stereocenters. The first-order chi connectivity index (χ1) is 8.98. The number of piperidine rings is 1. The molecule has 1 aromatic rings. The minimum atomic E-state index is -3.29. The molecule has 106 valence electrons. The molecule has 1 N–H and O–H groups in total. The smallest absolute Gasteiger partial charge is 0.252 e. The molecule has 0 bridgehead atoms. The largest absolute Gasteiger partial charge is 0.314 e. The van der Waals surface area contributed by atoms with Crippen molar-refractivity contribution in [3.63, 3.8) is 0 Å². The standard InChI is InChI=1S/C13H20N2O2S2/c1-9-7-10(2)18-13(9)19(16,17)15-6-4-12-11(8-15)3-5-14-12/h7,11-12,14H,3-6,8H2,1-2H3. The Balaban J connectivity index is 1.87. The van der Waals surface area contributed by atoms with E-state index in [1.807, 2.05) is 19.9 Å². The molecular weight excluding hydrogens is 280 g/mol. The number of fused-ring (bicyclic) bond motifs is 1. The van der Waals surface area contributed by atoms with E-state index in [1.165, 1.54) is 11.3 Å². The third-order valence-electron chi connectivity index (χ3n) is 4.19. The van der Waals surface area contributed by atoms with Crippen LogP contribution in [0.15, 0.2) is 10.3 Å². The maximum Gasteiger partial charge on any atom is 0.252 e. The van der Waals surface area contributed by atoms with E-state index in [0.29, 0.717) is 29.3 Å². The van der Waals surface area contributed by atoms with Crippen LogP contribution >= 0.6 is 11.3 Å². The molecule has 2 fully saturated rings. The third kappa shape index (κ3) is 2.35. The number of hydrogen-bond acceptors (Lipinski definition) is 4. The molecule has 0 aromatic carbocycles. The van der Waals surface area contributed by atoms with Gasteiger partial charge in [0.25, 0.3) is 10.0 Å². The van der Waals surface area contributed by atoms with Crippen LogP contribution in [0, 0.1) is 19.8 Å². The number of aryl methyl sites for hydroxylation is 2. The van der Waals surface area contributed by atoms with E-state index in [9.17, 15) is 8.42 Å². The summed E-state index contributed by atoms with van der Waals surface area (Å²) in [5.74, 6) is 0.491. The Labute approximate surface area is 118 Å². The van der Waals surface area contributed by atoms with Gasteiger partial charge in [-0.15, -0.1) is 11.3 Å². The van der Waals surface area contributed by atoms with E-state index in [0.717, 1.165) is 29.8 Å². The minimum Gasteiger partial charge on any atom is -0.314 e. The molecule has 0 aliphatic carbocycles. The van der Waals surface area contributed by atoms with Gasteiger partial charge in [-0.05, 0) is 50.8 Å². The molecule has 2 aliphatic rings. The third-order valence-corrected chi connectivity index (χ3v) is 7.82. The Morgan fingerprint density at radius 3 is 2.84 bits per heavy atom. The minimum absolute atomic E-state index is 0.491. The summed E-state index contributed by atoms with van der Waals surface area (Å²) >= 11 is 1.39. The zero-order valence-corrected chi connectivity index (χ0v) is 13.0. The summed E-state index contributed by atoms with van der Waals surface area (Å²) < 4.78 is 27.7. The lowest BCUT2D eigenvalue weighted by Gasteiger charge is -2.33. The van der Waals surface area contributed by atoms with E-state index in [4.69, 9.17) is 0 Å². The number of rotatable bonds is 2. The molecule has 2 aliphatic heterocycles. The number of sulfonamides is 1. The zero-order valence-electron chi connectivity index (χ0n) is 11.3. The van der Waals surface area contributed by atoms with E-state index >= 15 is 0 Å². The first-order valence-corrected chi connectivity index (χ1v) is 9.04. The Kier molecular flexibility index (Phi) is 3.45. The summed E-state index contributed by atoms with van der Waals surface area (Å²) in [7, 11) is -3.29. The fraction of sp³-hybridized carbons (Fsp3) is 0.692. The van der Waals surface area contributed by atoms with Gasteiger partial charge in [-0.1, -0.05) is 0 Å². The molecular formula is C13H20N2O2S2. The molecule has 3 rings (SSSR count). The van der Waals surface area contributed by atoms with Gasteiger partial charge < -0.3 is 5.32 Å². The Morgan fingerprint density at radius 1 is 1.37 bits per heavy atom. The highest BCUT2D eigenvalue weighted by atomic mass is 32.2. The van der Waals surface area contributed by atoms with Gasteiger partial charge in [0.1, 0.15) is 4.21 Å². The second-order valence-corrected chi connectivity index (χ2v) is 8.98. The SMILES string of the molecule is Cc1cc(C)c(S(=O)(=O)N2CCC3NCCC3C2)s1. The van der Waals surface area contributed by atoms with Crippen molar-refractivity contribution in [2.24, 2.45) is 5.92 Å². The summed E-state index contributed by atoms with van der Waals surface area (Å²) in [6, 6.07) is 2.49. The number of nitrogens with zero attached hydrogens (tertiary/aromatic N) is 1. The van der Waals surface area contributed by atoms with Crippen molar-refractivity contribution in [3.05, 3.63) is 16.5 Å². The van der Waals surface area contributed by atoms with Crippen LogP contribution < -0.4 is 5.32 Å². The van der Waals surface area contributed by atoms with Gasteiger partial charge in [-0.2, -0.15) is 4.31 Å². The maximum atomic E-state index is 12.7. The predicted molar refractivity (Wildman–Crippen MR) is 77.1 cm³/mol. The van der Waals surface area contributed by atoms with Gasteiger partial charge in [0.15, 0.2) is 0 Å². The van der Waals surface area contributed by atoms with Crippen LogP contribution in [0.1, 0.15) is 23.3 Å². The molecule has 19 heavy (non-hydrogen) atoms. The van der Waals surface area contributed by atoms with Gasteiger partial charge in [-0.25, -0.2) is 8.42 Å². The van der Waals surface area contributed by atoms with Crippen LogP contribution in [-0.2, 0) is 10.0 Å². The molecule has 0 radical (unpaired) electrons. The first kappa shape index (κ1) is 13.5. The summed E-state index contributed by atoms with van der Waals surface area (Å²) in [4.78, 5) is 1.06. The molecule has 3 heterocycles. The average Bonchev–Trinajstić information content (AvgIpc) is 2.94. The van der Waals surface area contributed by atoms with E-state index in [-0.39, 0.29) is 0 Å². The Hall–Kier alpha value is -0.430. The first-order valence-electron chi connectivity index (χ1n) is 6.79. The van der Waals surface area contributed by atoms with Crippen molar-refractivity contribution < 1.29 is 8.42 Å². The summed E-state index contributed by atoms with van der Waals surface area (Å²) in [5.41, 5.74) is 0.883.